The molecule has 0 heterocycles. The van der Waals surface area contributed by atoms with Crippen LogP contribution >= 0.6 is 0 Å². The summed E-state index contributed by atoms with van der Waals surface area (Å²) in [5, 5.41) is 3.14. The van der Waals surface area contributed by atoms with E-state index in [2.05, 4.69) is 23.2 Å². The molecule has 0 atom stereocenters. The molecule has 0 aliphatic heterocycles. The molecule has 4 nitrogen and oxygen atoms in total. The summed E-state index contributed by atoms with van der Waals surface area (Å²) in [6.45, 7) is 6.89. The van der Waals surface area contributed by atoms with E-state index in [4.69, 9.17) is 0 Å². The molecular formula is C10H9NO3. The molecule has 1 aromatic carbocycles. The highest BCUT2D eigenvalue weighted by Gasteiger charge is 2.13. The molecule has 0 aliphatic carbocycles. The maximum absolute atomic E-state index is 11.5. The molecule has 72 valence electrons. The lowest BCUT2D eigenvalue weighted by Crippen LogP contribution is -2.32. The van der Waals surface area contributed by atoms with Crippen molar-refractivity contribution in [1.82, 2.24) is 0 Å². The Bertz CT molecular complexity index is 476. The van der Waals surface area contributed by atoms with E-state index in [-0.39, 0.29) is 16.5 Å². The van der Waals surface area contributed by atoms with Gasteiger partial charge < -0.3 is 4.84 Å². The molecule has 0 spiro atoms. The first-order valence-electron chi connectivity index (χ1n) is 3.87. The van der Waals surface area contributed by atoms with Crippen LogP contribution in [0.2, 0.25) is 0 Å². The summed E-state index contributed by atoms with van der Waals surface area (Å²) in [7, 11) is 1.27. The highest BCUT2D eigenvalue weighted by molar-refractivity contribution is 5.64. The molecular weight excluding hydrogens is 182 g/mol. The van der Waals surface area contributed by atoms with Gasteiger partial charge in [-0.25, -0.2) is 0 Å². The van der Waals surface area contributed by atoms with Crippen LogP contribution in [0.3, 0.4) is 0 Å². The molecule has 1 aromatic rings. The normalized spacial score (nSPS) is 9.50. The molecule has 0 bridgehead atoms. The molecule has 0 aromatic heterocycles. The van der Waals surface area contributed by atoms with Crippen molar-refractivity contribution in [1.29, 1.82) is 0 Å². The fraction of sp³-hybridized carbons (Fsp3) is 0.100. The van der Waals surface area contributed by atoms with Crippen molar-refractivity contribution < 1.29 is 4.84 Å². The molecule has 1 rings (SSSR count). The zero-order valence-electron chi connectivity index (χ0n) is 7.74. The summed E-state index contributed by atoms with van der Waals surface area (Å²) in [4.78, 5) is 27.4. The number of rotatable bonds is 3. The molecule has 0 saturated carbocycles. The third kappa shape index (κ3) is 1.31. The minimum Gasteiger partial charge on any atom is -0.398 e. The van der Waals surface area contributed by atoms with Crippen molar-refractivity contribution in [3.63, 3.8) is 0 Å². The first-order chi connectivity index (χ1) is 6.67. The first kappa shape index (κ1) is 10.1. The lowest BCUT2D eigenvalue weighted by molar-refractivity contribution is 0.199. The summed E-state index contributed by atoms with van der Waals surface area (Å²) in [5.74, 6) is 0. The predicted molar refractivity (Wildman–Crippen MR) is 54.1 cm³/mol. The summed E-state index contributed by atoms with van der Waals surface area (Å²) in [6, 6.07) is 0. The fourth-order valence-corrected chi connectivity index (χ4v) is 1.18. The minimum atomic E-state index is -0.471. The Morgan fingerprint density at radius 1 is 1.14 bits per heavy atom. The Hall–Kier alpha value is -1.97. The second-order valence-electron chi connectivity index (χ2n) is 2.52. The lowest BCUT2D eigenvalue weighted by atomic mass is 10.2. The zero-order chi connectivity index (χ0) is 10.7. The van der Waals surface area contributed by atoms with Gasteiger partial charge in [-0.15, -0.1) is 0 Å². The van der Waals surface area contributed by atoms with Gasteiger partial charge >= 0.3 is 0 Å². The smallest absolute Gasteiger partial charge is 0.219 e. The molecule has 0 fully saturated rings. The van der Waals surface area contributed by atoms with E-state index < -0.39 is 10.9 Å². The van der Waals surface area contributed by atoms with Gasteiger partial charge in [-0.3, -0.25) is 9.59 Å². The second kappa shape index (κ2) is 3.83. The van der Waals surface area contributed by atoms with Crippen LogP contribution in [0.15, 0.2) is 27.9 Å². The first-order valence-corrected chi connectivity index (χ1v) is 3.87. The lowest BCUT2D eigenvalue weighted by Gasteiger charge is -1.84. The summed E-state index contributed by atoms with van der Waals surface area (Å²) >= 11 is 0. The van der Waals surface area contributed by atoms with Gasteiger partial charge in [0.1, 0.15) is 7.11 Å². The Morgan fingerprint density at radius 2 is 1.57 bits per heavy atom. The molecule has 0 N–H and O–H groups in total. The van der Waals surface area contributed by atoms with Crippen LogP contribution in [0, 0.1) is 0 Å². The summed E-state index contributed by atoms with van der Waals surface area (Å²) < 4.78 is 0. The van der Waals surface area contributed by atoms with Crippen molar-refractivity contribution in [2.75, 3.05) is 7.11 Å². The molecule has 14 heavy (non-hydrogen) atoms. The van der Waals surface area contributed by atoms with E-state index in [1.165, 1.54) is 19.3 Å². The van der Waals surface area contributed by atoms with E-state index in [0.717, 1.165) is 0 Å². The van der Waals surface area contributed by atoms with Gasteiger partial charge in [-0.1, -0.05) is 30.5 Å². The maximum Gasteiger partial charge on any atom is 0.219 e. The van der Waals surface area contributed by atoms with Crippen LogP contribution in [0.1, 0.15) is 11.1 Å². The van der Waals surface area contributed by atoms with Gasteiger partial charge in [0.2, 0.25) is 10.9 Å². The molecule has 4 heteroatoms. The van der Waals surface area contributed by atoms with Crippen LogP contribution in [-0.2, 0) is 4.84 Å². The zero-order valence-corrected chi connectivity index (χ0v) is 7.74. The molecule has 0 radical (unpaired) electrons. The molecule has 0 unspecified atom stereocenters. The van der Waals surface area contributed by atoms with Gasteiger partial charge in [0.25, 0.3) is 0 Å². The highest BCUT2D eigenvalue weighted by atomic mass is 16.6. The molecule has 0 aliphatic rings. The number of hydrogen-bond donors (Lipinski definition) is 0. The third-order valence-electron chi connectivity index (χ3n) is 1.80. The number of hydrogen-bond acceptors (Lipinski definition) is 4. The Balaban J connectivity index is 3.83. The van der Waals surface area contributed by atoms with E-state index in [1.54, 1.807) is 0 Å². The Kier molecular flexibility index (Phi) is 2.76. The average molecular weight is 191 g/mol. The van der Waals surface area contributed by atoms with E-state index in [0.29, 0.717) is 0 Å². The number of nitrogens with zero attached hydrogens (tertiary/aromatic N) is 1. The molecule has 0 saturated heterocycles. The van der Waals surface area contributed by atoms with Gasteiger partial charge in [-0.05, 0) is 0 Å². The van der Waals surface area contributed by atoms with E-state index in [1.807, 2.05) is 0 Å². The Morgan fingerprint density at radius 3 is 1.86 bits per heavy atom. The van der Waals surface area contributed by atoms with E-state index >= 15 is 0 Å². The van der Waals surface area contributed by atoms with Crippen LogP contribution in [0.4, 0.5) is 0 Å². The standard InChI is InChI=1S/C10H9NO3/c1-4-6-7(5-2)10(13)8(9(6)12)11-14-3/h4-5H,1-2H2,3H3. The van der Waals surface area contributed by atoms with Crippen molar-refractivity contribution in [2.24, 2.45) is 5.16 Å². The van der Waals surface area contributed by atoms with Crippen LogP contribution in [0.5, 0.6) is 0 Å². The van der Waals surface area contributed by atoms with Gasteiger partial charge in [0.15, 0.2) is 5.36 Å². The van der Waals surface area contributed by atoms with Crippen molar-refractivity contribution in [3.8, 4) is 0 Å². The van der Waals surface area contributed by atoms with E-state index in [9.17, 15) is 9.59 Å². The fourth-order valence-electron chi connectivity index (χ4n) is 1.18. The second-order valence-corrected chi connectivity index (χ2v) is 2.52. The van der Waals surface area contributed by atoms with Crippen molar-refractivity contribution >= 4 is 12.2 Å². The summed E-state index contributed by atoms with van der Waals surface area (Å²) in [5.41, 5.74) is -0.495. The van der Waals surface area contributed by atoms with Crippen LogP contribution < -0.4 is 16.2 Å². The molecule has 0 amide bonds. The minimum absolute atomic E-state index is 0.223. The van der Waals surface area contributed by atoms with Crippen molar-refractivity contribution in [3.05, 3.63) is 50.1 Å². The third-order valence-corrected chi connectivity index (χ3v) is 1.80. The monoisotopic (exact) mass is 191 g/mol. The SMILES string of the molecule is C=Cc1c(C=C)c(=O)c(=NOC)c1=O. The largest absolute Gasteiger partial charge is 0.398 e. The topological polar surface area (TPSA) is 55.7 Å². The highest BCUT2D eigenvalue weighted by Crippen LogP contribution is 1.99. The van der Waals surface area contributed by atoms with Crippen molar-refractivity contribution in [2.45, 2.75) is 0 Å². The predicted octanol–water partition coefficient (Wildman–Crippen LogP) is 0.0307. The van der Waals surface area contributed by atoms with Gasteiger partial charge in [-0.2, -0.15) is 0 Å². The maximum atomic E-state index is 11.5. The van der Waals surface area contributed by atoms with Crippen LogP contribution in [-0.4, -0.2) is 7.11 Å². The van der Waals surface area contributed by atoms with Crippen LogP contribution in [0.25, 0.3) is 12.2 Å². The van der Waals surface area contributed by atoms with Gasteiger partial charge in [0.05, 0.1) is 0 Å². The average Bonchev–Trinajstić information content (AvgIpc) is 2.41. The Labute approximate surface area is 80.2 Å². The summed E-state index contributed by atoms with van der Waals surface area (Å²) in [6.07, 6.45) is 2.63. The van der Waals surface area contributed by atoms with Gasteiger partial charge in [0, 0.05) is 11.1 Å². The quantitative estimate of drug-likeness (QED) is 0.633.